The molecule has 134 valence electrons. The molecule has 0 aliphatic rings. The molecular weight excluding hydrogens is 384 g/mol. The van der Waals surface area contributed by atoms with Crippen molar-refractivity contribution in [1.82, 2.24) is 14.8 Å². The molecule has 0 unspecified atom stereocenters. The lowest BCUT2D eigenvalue weighted by Gasteiger charge is -2.07. The molecule has 0 radical (unpaired) electrons. The number of rotatable bonds is 3. The minimum absolute atomic E-state index is 0.177. The average Bonchev–Trinajstić information content (AvgIpc) is 3.13. The Kier molecular flexibility index (Phi) is 4.47. The number of amides is 1. The molecule has 0 spiro atoms. The van der Waals surface area contributed by atoms with Crippen LogP contribution in [0.2, 0.25) is 5.02 Å². The van der Waals surface area contributed by atoms with Gasteiger partial charge in [0.15, 0.2) is 10.8 Å². The molecule has 0 bridgehead atoms. The number of carbonyl (C=O) groups excluding carboxylic acids is 1. The lowest BCUT2D eigenvalue weighted by molar-refractivity contribution is 0.102. The van der Waals surface area contributed by atoms with Crippen molar-refractivity contribution >= 4 is 44.7 Å². The number of nitrogens with one attached hydrogen (secondary N) is 1. The van der Waals surface area contributed by atoms with E-state index in [0.29, 0.717) is 20.9 Å². The van der Waals surface area contributed by atoms with Crippen molar-refractivity contribution in [2.24, 2.45) is 7.05 Å². The normalized spacial score (nSPS) is 10.9. The van der Waals surface area contributed by atoms with Crippen LogP contribution in [0.5, 0.6) is 0 Å². The van der Waals surface area contributed by atoms with Crippen LogP contribution in [0.1, 0.15) is 10.5 Å². The third-order valence-electron chi connectivity index (χ3n) is 4.04. The molecule has 8 heteroatoms. The zero-order valence-corrected chi connectivity index (χ0v) is 15.7. The monoisotopic (exact) mass is 396 g/mol. The van der Waals surface area contributed by atoms with Crippen LogP contribution in [-0.4, -0.2) is 20.7 Å². The predicted molar refractivity (Wildman–Crippen MR) is 107 cm³/mol. The SMILES string of the molecule is Cn1nc(C(=O)Nc2nc(-c3ccc(Cl)cc3)cs2)c2ccccc2c1=O. The van der Waals surface area contributed by atoms with Gasteiger partial charge < -0.3 is 0 Å². The molecule has 4 aromatic rings. The molecule has 0 aliphatic carbocycles. The van der Waals surface area contributed by atoms with Crippen LogP contribution in [0, 0.1) is 0 Å². The Labute approximate surface area is 163 Å². The van der Waals surface area contributed by atoms with E-state index in [1.54, 1.807) is 36.4 Å². The van der Waals surface area contributed by atoms with E-state index < -0.39 is 5.91 Å². The van der Waals surface area contributed by atoms with Gasteiger partial charge in [0.1, 0.15) is 0 Å². The van der Waals surface area contributed by atoms with Gasteiger partial charge in [-0.15, -0.1) is 11.3 Å². The van der Waals surface area contributed by atoms with Crippen LogP contribution >= 0.6 is 22.9 Å². The van der Waals surface area contributed by atoms with Gasteiger partial charge in [0.25, 0.3) is 11.5 Å². The van der Waals surface area contributed by atoms with E-state index in [1.807, 2.05) is 17.5 Å². The van der Waals surface area contributed by atoms with E-state index >= 15 is 0 Å². The van der Waals surface area contributed by atoms with Crippen molar-refractivity contribution in [3.05, 3.63) is 75.0 Å². The summed E-state index contributed by atoms with van der Waals surface area (Å²) < 4.78 is 1.16. The molecule has 2 aromatic heterocycles. The maximum Gasteiger partial charge on any atom is 0.278 e. The van der Waals surface area contributed by atoms with E-state index in [9.17, 15) is 9.59 Å². The Morgan fingerprint density at radius 2 is 1.81 bits per heavy atom. The van der Waals surface area contributed by atoms with E-state index in [1.165, 1.54) is 18.4 Å². The molecule has 0 aliphatic heterocycles. The topological polar surface area (TPSA) is 76.9 Å². The Hall–Kier alpha value is -3.03. The van der Waals surface area contributed by atoms with Gasteiger partial charge in [0.2, 0.25) is 0 Å². The van der Waals surface area contributed by atoms with Gasteiger partial charge in [-0.25, -0.2) is 9.67 Å². The molecule has 27 heavy (non-hydrogen) atoms. The van der Waals surface area contributed by atoms with Crippen LogP contribution in [0.15, 0.2) is 58.7 Å². The van der Waals surface area contributed by atoms with Crippen molar-refractivity contribution in [1.29, 1.82) is 0 Å². The predicted octanol–water partition coefficient (Wildman–Crippen LogP) is 3.96. The van der Waals surface area contributed by atoms with Crippen LogP contribution < -0.4 is 10.9 Å². The van der Waals surface area contributed by atoms with Gasteiger partial charge in [-0.3, -0.25) is 14.9 Å². The second-order valence-electron chi connectivity index (χ2n) is 5.82. The quantitative estimate of drug-likeness (QED) is 0.568. The number of halogens is 1. The van der Waals surface area contributed by atoms with E-state index in [-0.39, 0.29) is 11.3 Å². The molecule has 6 nitrogen and oxygen atoms in total. The molecule has 0 saturated carbocycles. The summed E-state index contributed by atoms with van der Waals surface area (Å²) in [5.41, 5.74) is 1.57. The lowest BCUT2D eigenvalue weighted by Crippen LogP contribution is -2.25. The van der Waals surface area contributed by atoms with Gasteiger partial charge in [-0.1, -0.05) is 41.9 Å². The summed E-state index contributed by atoms with van der Waals surface area (Å²) in [5, 5.41) is 10.8. The zero-order valence-electron chi connectivity index (χ0n) is 14.1. The van der Waals surface area contributed by atoms with E-state index in [0.717, 1.165) is 15.9 Å². The molecule has 0 saturated heterocycles. The average molecular weight is 397 g/mol. The minimum atomic E-state index is -0.418. The first kappa shape index (κ1) is 17.4. The number of benzene rings is 2. The second-order valence-corrected chi connectivity index (χ2v) is 7.12. The largest absolute Gasteiger partial charge is 0.296 e. The Balaban J connectivity index is 1.66. The Morgan fingerprint density at radius 1 is 1.11 bits per heavy atom. The number of hydrogen-bond donors (Lipinski definition) is 1. The molecule has 1 N–H and O–H groups in total. The smallest absolute Gasteiger partial charge is 0.278 e. The number of aryl methyl sites for hydroxylation is 1. The molecule has 4 rings (SSSR count). The maximum atomic E-state index is 12.7. The van der Waals surface area contributed by atoms with Crippen LogP contribution in [-0.2, 0) is 7.05 Å². The molecule has 1 amide bonds. The second kappa shape index (κ2) is 6.94. The highest BCUT2D eigenvalue weighted by atomic mass is 35.5. The molecule has 2 aromatic carbocycles. The van der Waals surface area contributed by atoms with Crippen molar-refractivity contribution in [2.45, 2.75) is 0 Å². The summed E-state index contributed by atoms with van der Waals surface area (Å²) in [5.74, 6) is -0.418. The highest BCUT2D eigenvalue weighted by molar-refractivity contribution is 7.14. The number of carbonyl (C=O) groups is 1. The summed E-state index contributed by atoms with van der Waals surface area (Å²) in [7, 11) is 1.52. The lowest BCUT2D eigenvalue weighted by atomic mass is 10.1. The Morgan fingerprint density at radius 3 is 2.56 bits per heavy atom. The highest BCUT2D eigenvalue weighted by Crippen LogP contribution is 2.26. The van der Waals surface area contributed by atoms with Gasteiger partial charge in [0, 0.05) is 28.4 Å². The minimum Gasteiger partial charge on any atom is -0.296 e. The van der Waals surface area contributed by atoms with Crippen molar-refractivity contribution in [2.75, 3.05) is 5.32 Å². The standard InChI is InChI=1S/C19H13ClN4O2S/c1-24-18(26)14-5-3-2-4-13(14)16(23-24)17(25)22-19-21-15(10-27-19)11-6-8-12(20)9-7-11/h2-10H,1H3,(H,21,22,25). The van der Waals surface area contributed by atoms with Gasteiger partial charge >= 0.3 is 0 Å². The fraction of sp³-hybridized carbons (Fsp3) is 0.0526. The highest BCUT2D eigenvalue weighted by Gasteiger charge is 2.17. The number of anilines is 1. The van der Waals surface area contributed by atoms with Crippen LogP contribution in [0.25, 0.3) is 22.0 Å². The third kappa shape index (κ3) is 3.34. The fourth-order valence-electron chi connectivity index (χ4n) is 2.71. The first-order chi connectivity index (χ1) is 13.0. The van der Waals surface area contributed by atoms with Crippen LogP contribution in [0.3, 0.4) is 0 Å². The van der Waals surface area contributed by atoms with Gasteiger partial charge in [-0.05, 0) is 18.2 Å². The third-order valence-corrected chi connectivity index (χ3v) is 5.05. The zero-order chi connectivity index (χ0) is 19.0. The molecule has 0 atom stereocenters. The van der Waals surface area contributed by atoms with Crippen molar-refractivity contribution in [3.8, 4) is 11.3 Å². The van der Waals surface area contributed by atoms with Gasteiger partial charge in [0.05, 0.1) is 11.1 Å². The molecule has 0 fully saturated rings. The summed E-state index contributed by atoms with van der Waals surface area (Å²) in [6.45, 7) is 0. The maximum absolute atomic E-state index is 12.7. The summed E-state index contributed by atoms with van der Waals surface area (Å²) >= 11 is 7.22. The number of thiazole rings is 1. The number of fused-ring (bicyclic) bond motifs is 1. The van der Waals surface area contributed by atoms with E-state index in [4.69, 9.17) is 11.6 Å². The summed E-state index contributed by atoms with van der Waals surface area (Å²) in [6.07, 6.45) is 0. The molecule has 2 heterocycles. The number of hydrogen-bond acceptors (Lipinski definition) is 5. The van der Waals surface area contributed by atoms with Crippen molar-refractivity contribution in [3.63, 3.8) is 0 Å². The van der Waals surface area contributed by atoms with Crippen molar-refractivity contribution < 1.29 is 4.79 Å². The fourth-order valence-corrected chi connectivity index (χ4v) is 3.55. The summed E-state index contributed by atoms with van der Waals surface area (Å²) in [6, 6.07) is 14.2. The molecular formula is C19H13ClN4O2S. The van der Waals surface area contributed by atoms with Crippen LogP contribution in [0.4, 0.5) is 5.13 Å². The number of nitrogens with zero attached hydrogens (tertiary/aromatic N) is 3. The van der Waals surface area contributed by atoms with Gasteiger partial charge in [-0.2, -0.15) is 5.10 Å². The van der Waals surface area contributed by atoms with E-state index in [2.05, 4.69) is 15.4 Å². The first-order valence-corrected chi connectivity index (χ1v) is 9.27. The first-order valence-electron chi connectivity index (χ1n) is 8.02. The summed E-state index contributed by atoms with van der Waals surface area (Å²) in [4.78, 5) is 29.4. The Bertz CT molecular complexity index is 1210. The number of aromatic nitrogens is 3.